The smallest absolute Gasteiger partial charge is 0.336 e. The molecule has 0 aliphatic carbocycles. The Labute approximate surface area is 121 Å². The summed E-state index contributed by atoms with van der Waals surface area (Å²) in [6.45, 7) is 3.48. The van der Waals surface area contributed by atoms with Crippen LogP contribution in [0.3, 0.4) is 0 Å². The van der Waals surface area contributed by atoms with Crippen LogP contribution in [0.5, 0.6) is 0 Å². The second-order valence-corrected chi connectivity index (χ2v) is 4.28. The van der Waals surface area contributed by atoms with Gasteiger partial charge in [-0.25, -0.2) is 14.4 Å². The summed E-state index contributed by atoms with van der Waals surface area (Å²) in [4.78, 5) is 33.1. The Morgan fingerprint density at radius 3 is 2.43 bits per heavy atom. The lowest BCUT2D eigenvalue weighted by Crippen LogP contribution is -2.11. The van der Waals surface area contributed by atoms with E-state index in [4.69, 9.17) is 14.9 Å². The fourth-order valence-corrected chi connectivity index (χ4v) is 1.89. The van der Waals surface area contributed by atoms with E-state index in [1.807, 2.05) is 0 Å². The Morgan fingerprint density at radius 1 is 1.14 bits per heavy atom. The van der Waals surface area contributed by atoms with E-state index in [0.29, 0.717) is 24.8 Å². The van der Waals surface area contributed by atoms with Gasteiger partial charge in [0.05, 0.1) is 17.7 Å². The van der Waals surface area contributed by atoms with E-state index in [-0.39, 0.29) is 17.7 Å². The van der Waals surface area contributed by atoms with Crippen LogP contribution in [0, 0.1) is 0 Å². The molecule has 0 bridgehead atoms. The second-order valence-electron chi connectivity index (χ2n) is 4.28. The van der Waals surface area contributed by atoms with Gasteiger partial charge in [0.25, 0.3) is 0 Å². The zero-order valence-corrected chi connectivity index (χ0v) is 11.4. The molecule has 1 aromatic carbocycles. The van der Waals surface area contributed by atoms with Crippen molar-refractivity contribution in [2.24, 2.45) is 0 Å². The van der Waals surface area contributed by atoms with Crippen molar-refractivity contribution in [3.05, 3.63) is 47.5 Å². The molecule has 0 unspecified atom stereocenters. The molecule has 0 radical (unpaired) electrons. The Hall–Kier alpha value is -2.63. The molecule has 112 valence electrons. The number of carbonyl (C=O) groups excluding carboxylic acids is 1. The first-order chi connectivity index (χ1) is 9.97. The molecule has 0 amide bonds. The summed E-state index contributed by atoms with van der Waals surface area (Å²) in [6.07, 6.45) is 2.59. The molecule has 21 heavy (non-hydrogen) atoms. The van der Waals surface area contributed by atoms with Crippen molar-refractivity contribution >= 4 is 17.9 Å². The van der Waals surface area contributed by atoms with Crippen LogP contribution in [-0.4, -0.2) is 34.7 Å². The predicted octanol–water partition coefficient (Wildman–Crippen LogP) is 2.13. The minimum absolute atomic E-state index is 0.187. The van der Waals surface area contributed by atoms with Crippen LogP contribution in [0.15, 0.2) is 30.9 Å². The van der Waals surface area contributed by atoms with E-state index in [1.165, 1.54) is 12.1 Å². The number of unbranched alkanes of at least 4 members (excludes halogenated alkanes) is 1. The van der Waals surface area contributed by atoms with E-state index < -0.39 is 17.9 Å². The zero-order valence-electron chi connectivity index (χ0n) is 11.4. The van der Waals surface area contributed by atoms with Gasteiger partial charge in [0.15, 0.2) is 0 Å². The number of aryl methyl sites for hydroxylation is 1. The number of ether oxygens (including phenoxy) is 1. The molecule has 0 atom stereocenters. The zero-order chi connectivity index (χ0) is 15.8. The highest BCUT2D eigenvalue weighted by Crippen LogP contribution is 2.17. The molecular weight excluding hydrogens is 276 g/mol. The molecule has 0 heterocycles. The first-order valence-corrected chi connectivity index (χ1v) is 6.35. The Bertz CT molecular complexity index is 561. The summed E-state index contributed by atoms with van der Waals surface area (Å²) in [5, 5.41) is 18.2. The van der Waals surface area contributed by atoms with Crippen LogP contribution in [-0.2, 0) is 16.0 Å². The third-order valence-corrected chi connectivity index (χ3v) is 2.85. The van der Waals surface area contributed by atoms with E-state index in [9.17, 15) is 14.4 Å². The lowest BCUT2D eigenvalue weighted by Gasteiger charge is -2.09. The van der Waals surface area contributed by atoms with Gasteiger partial charge in [0.1, 0.15) is 0 Å². The molecule has 0 aliphatic heterocycles. The third kappa shape index (κ3) is 4.76. The van der Waals surface area contributed by atoms with Crippen LogP contribution in [0.2, 0.25) is 0 Å². The van der Waals surface area contributed by atoms with E-state index in [1.54, 1.807) is 6.07 Å². The van der Waals surface area contributed by atoms with Crippen LogP contribution in [0.25, 0.3) is 0 Å². The SMILES string of the molecule is C=CC(=O)OCCCCc1cccc(C(=O)O)c1C(=O)O. The Balaban J connectivity index is 2.69. The van der Waals surface area contributed by atoms with E-state index in [0.717, 1.165) is 6.08 Å². The molecule has 0 fully saturated rings. The van der Waals surface area contributed by atoms with Gasteiger partial charge in [-0.05, 0) is 30.9 Å². The molecule has 0 aliphatic rings. The van der Waals surface area contributed by atoms with Gasteiger partial charge in [-0.15, -0.1) is 0 Å². The summed E-state index contributed by atoms with van der Waals surface area (Å²) < 4.78 is 4.80. The number of rotatable bonds is 8. The molecule has 1 aromatic rings. The summed E-state index contributed by atoms with van der Waals surface area (Å²) in [5.41, 5.74) is 0.0450. The monoisotopic (exact) mass is 292 g/mol. The number of carboxylic acids is 2. The van der Waals surface area contributed by atoms with Gasteiger partial charge in [-0.1, -0.05) is 18.7 Å². The maximum absolute atomic E-state index is 11.2. The number of esters is 1. The first kappa shape index (κ1) is 16.4. The number of benzene rings is 1. The molecule has 6 nitrogen and oxygen atoms in total. The Kier molecular flexibility index (Phi) is 6.13. The molecule has 1 rings (SSSR count). The number of hydrogen-bond acceptors (Lipinski definition) is 4. The van der Waals surface area contributed by atoms with Crippen molar-refractivity contribution in [2.75, 3.05) is 6.61 Å². The van der Waals surface area contributed by atoms with Crippen molar-refractivity contribution in [1.82, 2.24) is 0 Å². The number of carboxylic acid groups (broad SMARTS) is 2. The van der Waals surface area contributed by atoms with Crippen LogP contribution < -0.4 is 0 Å². The van der Waals surface area contributed by atoms with Crippen LogP contribution >= 0.6 is 0 Å². The van der Waals surface area contributed by atoms with Crippen LogP contribution in [0.1, 0.15) is 39.1 Å². The molecule has 6 heteroatoms. The number of aromatic carboxylic acids is 2. The summed E-state index contributed by atoms with van der Waals surface area (Å²) in [6, 6.07) is 4.37. The fourth-order valence-electron chi connectivity index (χ4n) is 1.89. The lowest BCUT2D eigenvalue weighted by molar-refractivity contribution is -0.137. The minimum atomic E-state index is -1.27. The van der Waals surface area contributed by atoms with Crippen molar-refractivity contribution in [1.29, 1.82) is 0 Å². The highest BCUT2D eigenvalue weighted by atomic mass is 16.5. The van der Waals surface area contributed by atoms with E-state index in [2.05, 4.69) is 6.58 Å². The summed E-state index contributed by atoms with van der Waals surface area (Å²) in [5.74, 6) is -3.04. The summed E-state index contributed by atoms with van der Waals surface area (Å²) in [7, 11) is 0. The average Bonchev–Trinajstić information content (AvgIpc) is 2.45. The molecule has 0 spiro atoms. The molecule has 0 saturated heterocycles. The Morgan fingerprint density at radius 2 is 1.86 bits per heavy atom. The van der Waals surface area contributed by atoms with Gasteiger partial charge >= 0.3 is 17.9 Å². The highest BCUT2D eigenvalue weighted by Gasteiger charge is 2.19. The van der Waals surface area contributed by atoms with Gasteiger partial charge < -0.3 is 14.9 Å². The van der Waals surface area contributed by atoms with Gasteiger partial charge in [0.2, 0.25) is 0 Å². The lowest BCUT2D eigenvalue weighted by atomic mass is 9.97. The largest absolute Gasteiger partial charge is 0.478 e. The highest BCUT2D eigenvalue weighted by molar-refractivity contribution is 6.02. The summed E-state index contributed by atoms with van der Waals surface area (Å²) >= 11 is 0. The minimum Gasteiger partial charge on any atom is -0.478 e. The van der Waals surface area contributed by atoms with Crippen molar-refractivity contribution in [2.45, 2.75) is 19.3 Å². The van der Waals surface area contributed by atoms with Crippen molar-refractivity contribution in [3.63, 3.8) is 0 Å². The number of carbonyl (C=O) groups is 3. The normalized spacial score (nSPS) is 9.90. The standard InChI is InChI=1S/C15H16O6/c1-2-12(16)21-9-4-3-6-10-7-5-8-11(14(17)18)13(10)15(19)20/h2,5,7-8H,1,3-4,6,9H2,(H,17,18)(H,19,20). The maximum atomic E-state index is 11.2. The van der Waals surface area contributed by atoms with Gasteiger partial charge in [-0.2, -0.15) is 0 Å². The molecule has 0 aromatic heterocycles. The third-order valence-electron chi connectivity index (χ3n) is 2.85. The van der Waals surface area contributed by atoms with Crippen molar-refractivity contribution in [3.8, 4) is 0 Å². The first-order valence-electron chi connectivity index (χ1n) is 6.35. The molecular formula is C15H16O6. The predicted molar refractivity (Wildman–Crippen MR) is 74.5 cm³/mol. The van der Waals surface area contributed by atoms with Crippen LogP contribution in [0.4, 0.5) is 0 Å². The fraction of sp³-hybridized carbons (Fsp3) is 0.267. The second kappa shape index (κ2) is 7.84. The average molecular weight is 292 g/mol. The quantitative estimate of drug-likeness (QED) is 0.432. The van der Waals surface area contributed by atoms with E-state index >= 15 is 0 Å². The van der Waals surface area contributed by atoms with Crippen molar-refractivity contribution < 1.29 is 29.3 Å². The molecule has 0 saturated carbocycles. The maximum Gasteiger partial charge on any atom is 0.336 e. The number of hydrogen-bond donors (Lipinski definition) is 2. The topological polar surface area (TPSA) is 101 Å². The van der Waals surface area contributed by atoms with Gasteiger partial charge in [-0.3, -0.25) is 0 Å². The molecule has 2 N–H and O–H groups in total. The van der Waals surface area contributed by atoms with Gasteiger partial charge in [0, 0.05) is 6.08 Å².